The van der Waals surface area contributed by atoms with Crippen molar-refractivity contribution in [3.05, 3.63) is 60.2 Å². The van der Waals surface area contributed by atoms with Crippen molar-refractivity contribution in [1.82, 2.24) is 4.90 Å². The van der Waals surface area contributed by atoms with Crippen LogP contribution in [0.5, 0.6) is 0 Å². The number of carbonyl (C=O) groups excluding carboxylic acids is 1. The van der Waals surface area contributed by atoms with Gasteiger partial charge in [-0.3, -0.25) is 9.52 Å². The first-order chi connectivity index (χ1) is 12.0. The minimum Gasteiger partial charge on any atom is -0.337 e. The maximum atomic E-state index is 12.5. The highest BCUT2D eigenvalue weighted by Crippen LogP contribution is 2.18. The van der Waals surface area contributed by atoms with Crippen molar-refractivity contribution < 1.29 is 13.2 Å². The highest BCUT2D eigenvalue weighted by molar-refractivity contribution is 7.92. The van der Waals surface area contributed by atoms with Crippen LogP contribution in [-0.2, 0) is 10.0 Å². The van der Waals surface area contributed by atoms with Crippen LogP contribution in [-0.4, -0.2) is 38.4 Å². The Morgan fingerprint density at radius 1 is 1.08 bits per heavy atom. The molecule has 1 heterocycles. The number of nitrogens with zero attached hydrogens (tertiary/aromatic N) is 1. The molecule has 0 aromatic heterocycles. The van der Waals surface area contributed by atoms with Crippen molar-refractivity contribution >= 4 is 21.6 Å². The van der Waals surface area contributed by atoms with Gasteiger partial charge in [-0.1, -0.05) is 18.2 Å². The fourth-order valence-corrected chi connectivity index (χ4v) is 3.95. The van der Waals surface area contributed by atoms with E-state index in [-0.39, 0.29) is 16.8 Å². The minimum atomic E-state index is -3.64. The van der Waals surface area contributed by atoms with Gasteiger partial charge in [0.1, 0.15) is 0 Å². The van der Waals surface area contributed by atoms with Crippen LogP contribution in [0.4, 0.5) is 5.69 Å². The molecule has 3 N–H and O–H groups in total. The van der Waals surface area contributed by atoms with Crippen LogP contribution in [0.3, 0.4) is 0 Å². The summed E-state index contributed by atoms with van der Waals surface area (Å²) in [6.07, 6.45) is 1.84. The van der Waals surface area contributed by atoms with Crippen LogP contribution in [0.2, 0.25) is 0 Å². The van der Waals surface area contributed by atoms with E-state index in [1.54, 1.807) is 47.4 Å². The monoisotopic (exact) mass is 359 g/mol. The lowest BCUT2D eigenvalue weighted by molar-refractivity contribution is 0.0709. The maximum Gasteiger partial charge on any atom is 0.261 e. The Morgan fingerprint density at radius 2 is 1.76 bits per heavy atom. The molecule has 0 saturated carbocycles. The molecule has 1 aliphatic heterocycles. The van der Waals surface area contributed by atoms with E-state index in [2.05, 4.69) is 4.72 Å². The second-order valence-electron chi connectivity index (χ2n) is 6.15. The number of nitrogens with one attached hydrogen (secondary N) is 1. The second-order valence-corrected chi connectivity index (χ2v) is 7.83. The zero-order valence-corrected chi connectivity index (χ0v) is 14.6. The molecule has 6 nitrogen and oxygen atoms in total. The molecule has 1 amide bonds. The summed E-state index contributed by atoms with van der Waals surface area (Å²) in [5.41, 5.74) is 6.86. The third kappa shape index (κ3) is 4.18. The number of hydrogen-bond acceptors (Lipinski definition) is 4. The molecule has 0 aliphatic carbocycles. The summed E-state index contributed by atoms with van der Waals surface area (Å²) in [7, 11) is -3.64. The predicted molar refractivity (Wildman–Crippen MR) is 96.8 cm³/mol. The van der Waals surface area contributed by atoms with Crippen LogP contribution < -0.4 is 10.5 Å². The molecule has 1 atom stereocenters. The van der Waals surface area contributed by atoms with Gasteiger partial charge in [-0.15, -0.1) is 0 Å². The van der Waals surface area contributed by atoms with Gasteiger partial charge in [0.05, 0.1) is 4.90 Å². The third-order valence-electron chi connectivity index (χ3n) is 4.18. The molecule has 2 aromatic carbocycles. The molecule has 0 bridgehead atoms. The number of hydrogen-bond donors (Lipinski definition) is 2. The summed E-state index contributed by atoms with van der Waals surface area (Å²) in [5.74, 6) is -0.0763. The third-order valence-corrected chi connectivity index (χ3v) is 5.58. The highest BCUT2D eigenvalue weighted by atomic mass is 32.2. The van der Waals surface area contributed by atoms with Crippen LogP contribution in [0, 0.1) is 0 Å². The summed E-state index contributed by atoms with van der Waals surface area (Å²) in [6, 6.07) is 14.6. The maximum absolute atomic E-state index is 12.5. The number of benzene rings is 2. The van der Waals surface area contributed by atoms with Crippen LogP contribution >= 0.6 is 0 Å². The van der Waals surface area contributed by atoms with Crippen LogP contribution in [0.1, 0.15) is 23.2 Å². The SMILES string of the molecule is NC1CCCN(C(=O)c2ccc(NS(=O)(=O)c3ccccc3)cc2)C1. The number of likely N-dealkylation sites (tertiary alicyclic amines) is 1. The molecule has 7 heteroatoms. The molecule has 2 aromatic rings. The Morgan fingerprint density at radius 3 is 2.40 bits per heavy atom. The van der Waals surface area contributed by atoms with E-state index in [9.17, 15) is 13.2 Å². The van der Waals surface area contributed by atoms with Gasteiger partial charge >= 0.3 is 0 Å². The molecule has 132 valence electrons. The van der Waals surface area contributed by atoms with E-state index >= 15 is 0 Å². The van der Waals surface area contributed by atoms with Crippen molar-refractivity contribution in [1.29, 1.82) is 0 Å². The number of carbonyl (C=O) groups is 1. The number of piperidine rings is 1. The number of rotatable bonds is 4. The number of nitrogens with two attached hydrogens (primary N) is 1. The molecule has 1 unspecified atom stereocenters. The Labute approximate surface area is 147 Å². The van der Waals surface area contributed by atoms with E-state index in [0.29, 0.717) is 24.3 Å². The molecule has 25 heavy (non-hydrogen) atoms. The van der Waals surface area contributed by atoms with Gasteiger partial charge in [0, 0.05) is 30.4 Å². The van der Waals surface area contributed by atoms with Gasteiger partial charge in [-0.25, -0.2) is 8.42 Å². The molecule has 1 aliphatic rings. The fourth-order valence-electron chi connectivity index (χ4n) is 2.87. The highest BCUT2D eigenvalue weighted by Gasteiger charge is 2.22. The summed E-state index contributed by atoms with van der Waals surface area (Å²) in [6.45, 7) is 1.26. The molecular formula is C18H21N3O3S. The zero-order chi connectivity index (χ0) is 17.9. The van der Waals surface area contributed by atoms with E-state index in [4.69, 9.17) is 5.73 Å². The molecular weight excluding hydrogens is 338 g/mol. The number of amides is 1. The summed E-state index contributed by atoms with van der Waals surface area (Å²) < 4.78 is 27.1. The Hall–Kier alpha value is -2.38. The van der Waals surface area contributed by atoms with Gasteiger partial charge in [-0.2, -0.15) is 0 Å². The summed E-state index contributed by atoms with van der Waals surface area (Å²) >= 11 is 0. The minimum absolute atomic E-state index is 0.0228. The molecule has 1 fully saturated rings. The average Bonchev–Trinajstić information content (AvgIpc) is 2.62. The lowest BCUT2D eigenvalue weighted by atomic mass is 10.1. The summed E-state index contributed by atoms with van der Waals surface area (Å²) in [5, 5.41) is 0. The zero-order valence-electron chi connectivity index (χ0n) is 13.8. The van der Waals surface area contributed by atoms with E-state index in [1.165, 1.54) is 12.1 Å². The topological polar surface area (TPSA) is 92.5 Å². The first-order valence-electron chi connectivity index (χ1n) is 8.18. The van der Waals surface area contributed by atoms with Gasteiger partial charge < -0.3 is 10.6 Å². The quantitative estimate of drug-likeness (QED) is 0.874. The lowest BCUT2D eigenvalue weighted by Gasteiger charge is -2.30. The molecule has 1 saturated heterocycles. The fraction of sp³-hybridized carbons (Fsp3) is 0.278. The Kier molecular flexibility index (Phi) is 5.06. The van der Waals surface area contributed by atoms with Crippen molar-refractivity contribution in [2.45, 2.75) is 23.8 Å². The predicted octanol–water partition coefficient (Wildman–Crippen LogP) is 2.05. The van der Waals surface area contributed by atoms with Gasteiger partial charge in [0.25, 0.3) is 15.9 Å². The normalized spacial score (nSPS) is 18.0. The Balaban J connectivity index is 1.71. The smallest absolute Gasteiger partial charge is 0.261 e. The van der Waals surface area contributed by atoms with Gasteiger partial charge in [0.15, 0.2) is 0 Å². The van der Waals surface area contributed by atoms with Crippen molar-refractivity contribution in [3.8, 4) is 0 Å². The first-order valence-corrected chi connectivity index (χ1v) is 9.67. The number of anilines is 1. The summed E-state index contributed by atoms with van der Waals surface area (Å²) in [4.78, 5) is 14.4. The largest absolute Gasteiger partial charge is 0.337 e. The van der Waals surface area contributed by atoms with E-state index < -0.39 is 10.0 Å². The Bertz CT molecular complexity index is 836. The van der Waals surface area contributed by atoms with Crippen molar-refractivity contribution in [2.75, 3.05) is 17.8 Å². The van der Waals surface area contributed by atoms with Gasteiger partial charge in [-0.05, 0) is 49.2 Å². The lowest BCUT2D eigenvalue weighted by Crippen LogP contribution is -2.45. The van der Waals surface area contributed by atoms with E-state index in [1.807, 2.05) is 0 Å². The van der Waals surface area contributed by atoms with Gasteiger partial charge in [0.2, 0.25) is 0 Å². The average molecular weight is 359 g/mol. The number of sulfonamides is 1. The second kappa shape index (κ2) is 7.25. The first kappa shape index (κ1) is 17.4. The van der Waals surface area contributed by atoms with Crippen LogP contribution in [0.25, 0.3) is 0 Å². The molecule has 3 rings (SSSR count). The van der Waals surface area contributed by atoms with E-state index in [0.717, 1.165) is 12.8 Å². The van der Waals surface area contributed by atoms with Crippen molar-refractivity contribution in [3.63, 3.8) is 0 Å². The standard InChI is InChI=1S/C18H21N3O3S/c19-15-5-4-12-21(13-15)18(22)14-8-10-16(11-9-14)20-25(23,24)17-6-2-1-3-7-17/h1-3,6-11,15,20H,4-5,12-13,19H2. The molecule has 0 spiro atoms. The van der Waals surface area contributed by atoms with Crippen molar-refractivity contribution in [2.24, 2.45) is 5.73 Å². The van der Waals surface area contributed by atoms with Crippen LogP contribution in [0.15, 0.2) is 59.5 Å². The molecule has 0 radical (unpaired) electrons.